The van der Waals surface area contributed by atoms with E-state index in [9.17, 15) is 14.7 Å². The van der Waals surface area contributed by atoms with Gasteiger partial charge in [-0.05, 0) is 38.3 Å². The third-order valence-corrected chi connectivity index (χ3v) is 2.97. The summed E-state index contributed by atoms with van der Waals surface area (Å²) in [6.45, 7) is 5.23. The van der Waals surface area contributed by atoms with E-state index in [1.54, 1.807) is 45.0 Å². The average Bonchev–Trinajstić information content (AvgIpc) is 2.38. The molecule has 5 heteroatoms. The Morgan fingerprint density at radius 3 is 2.23 bits per heavy atom. The van der Waals surface area contributed by atoms with E-state index in [1.807, 2.05) is 0 Å². The summed E-state index contributed by atoms with van der Waals surface area (Å²) in [6, 6.07) is 9.23. The highest BCUT2D eigenvalue weighted by Crippen LogP contribution is 2.17. The number of esters is 1. The normalized spacial score (nSPS) is 12.3. The molecule has 0 fully saturated rings. The molecule has 0 aliphatic heterocycles. The molecule has 5 nitrogen and oxygen atoms in total. The predicted octanol–water partition coefficient (Wildman–Crippen LogP) is 2.73. The topological polar surface area (TPSA) is 87.4 Å². The predicted molar refractivity (Wildman–Crippen MR) is 81.1 cm³/mol. The summed E-state index contributed by atoms with van der Waals surface area (Å²) < 4.78 is 5.17. The maximum absolute atomic E-state index is 11.8. The van der Waals surface area contributed by atoms with Crippen molar-refractivity contribution in [2.45, 2.75) is 45.6 Å². The Morgan fingerprint density at radius 1 is 1.23 bits per heavy atom. The minimum atomic E-state index is -1.02. The molecule has 0 saturated carbocycles. The summed E-state index contributed by atoms with van der Waals surface area (Å²) in [4.78, 5) is 23.1. The van der Waals surface area contributed by atoms with Gasteiger partial charge in [-0.25, -0.2) is 0 Å². The average molecular weight is 303 g/mol. The van der Waals surface area contributed by atoms with Crippen molar-refractivity contribution in [1.29, 1.82) is 5.26 Å². The maximum atomic E-state index is 11.8. The van der Waals surface area contributed by atoms with Crippen molar-refractivity contribution in [3.63, 3.8) is 0 Å². The molecule has 0 amide bonds. The Kier molecular flexibility index (Phi) is 6.11. The zero-order chi connectivity index (χ0) is 16.8. The van der Waals surface area contributed by atoms with Crippen molar-refractivity contribution in [2.24, 2.45) is 5.92 Å². The molecule has 0 radical (unpaired) electrons. The Morgan fingerprint density at radius 2 is 1.77 bits per heavy atom. The van der Waals surface area contributed by atoms with Crippen LogP contribution in [0.1, 0.15) is 38.3 Å². The van der Waals surface area contributed by atoms with Crippen LogP contribution in [0.4, 0.5) is 0 Å². The number of carboxylic acid groups (broad SMARTS) is 1. The Balaban J connectivity index is 2.70. The fourth-order valence-electron chi connectivity index (χ4n) is 2.00. The van der Waals surface area contributed by atoms with Gasteiger partial charge in [0.2, 0.25) is 0 Å². The van der Waals surface area contributed by atoms with Crippen molar-refractivity contribution in [1.82, 2.24) is 0 Å². The molecule has 1 aromatic rings. The first-order valence-electron chi connectivity index (χ1n) is 7.10. The summed E-state index contributed by atoms with van der Waals surface area (Å²) in [6.07, 6.45) is 0.411. The molecule has 0 saturated heterocycles. The van der Waals surface area contributed by atoms with Crippen LogP contribution < -0.4 is 0 Å². The van der Waals surface area contributed by atoms with Crippen LogP contribution in [0.2, 0.25) is 0 Å². The molecule has 1 atom stereocenters. The van der Waals surface area contributed by atoms with E-state index in [2.05, 4.69) is 6.07 Å². The van der Waals surface area contributed by atoms with E-state index >= 15 is 0 Å². The number of benzene rings is 1. The molecule has 1 N–H and O–H groups in total. The summed E-state index contributed by atoms with van der Waals surface area (Å²) in [7, 11) is 0. The smallest absolute Gasteiger partial charge is 0.307 e. The highest BCUT2D eigenvalue weighted by Gasteiger charge is 2.25. The largest absolute Gasteiger partial charge is 0.481 e. The number of aliphatic carboxylic acids is 1. The zero-order valence-corrected chi connectivity index (χ0v) is 13.1. The lowest BCUT2D eigenvalue weighted by Gasteiger charge is -2.21. The van der Waals surface area contributed by atoms with Crippen LogP contribution in [0.5, 0.6) is 0 Å². The van der Waals surface area contributed by atoms with Crippen molar-refractivity contribution in [3.05, 3.63) is 35.4 Å². The number of hydrogen-bond donors (Lipinski definition) is 1. The third-order valence-electron chi connectivity index (χ3n) is 2.97. The monoisotopic (exact) mass is 303 g/mol. The van der Waals surface area contributed by atoms with Crippen LogP contribution in [-0.2, 0) is 27.2 Å². The molecule has 0 aromatic heterocycles. The number of hydrogen-bond acceptors (Lipinski definition) is 4. The Bertz CT molecular complexity index is 564. The van der Waals surface area contributed by atoms with Gasteiger partial charge < -0.3 is 9.84 Å². The molecule has 0 aliphatic carbocycles. The molecular formula is C17H21NO4. The van der Waals surface area contributed by atoms with Gasteiger partial charge in [0.15, 0.2) is 0 Å². The fourth-order valence-corrected chi connectivity index (χ4v) is 2.00. The van der Waals surface area contributed by atoms with E-state index in [0.717, 1.165) is 11.1 Å². The first-order valence-corrected chi connectivity index (χ1v) is 7.10. The first kappa shape index (κ1) is 17.7. The van der Waals surface area contributed by atoms with Gasteiger partial charge in [-0.1, -0.05) is 24.3 Å². The van der Waals surface area contributed by atoms with Gasteiger partial charge in [0.25, 0.3) is 0 Å². The number of nitrogens with zero attached hydrogens (tertiary/aromatic N) is 1. The van der Waals surface area contributed by atoms with Crippen LogP contribution in [0.15, 0.2) is 24.3 Å². The van der Waals surface area contributed by atoms with Gasteiger partial charge in [-0.3, -0.25) is 9.59 Å². The number of ether oxygens (including phenoxy) is 1. The second kappa shape index (κ2) is 7.60. The number of carbonyl (C=O) groups is 2. The van der Waals surface area contributed by atoms with E-state index in [4.69, 9.17) is 10.00 Å². The van der Waals surface area contributed by atoms with Crippen LogP contribution in [0, 0.1) is 17.2 Å². The number of nitriles is 1. The highest BCUT2D eigenvalue weighted by molar-refractivity contribution is 5.79. The molecule has 118 valence electrons. The van der Waals surface area contributed by atoms with Crippen LogP contribution in [0.25, 0.3) is 0 Å². The quantitative estimate of drug-likeness (QED) is 0.816. The maximum Gasteiger partial charge on any atom is 0.307 e. The van der Waals surface area contributed by atoms with Crippen molar-refractivity contribution in [3.8, 4) is 6.07 Å². The van der Waals surface area contributed by atoms with E-state index < -0.39 is 23.5 Å². The Hall–Kier alpha value is -2.35. The summed E-state index contributed by atoms with van der Waals surface area (Å²) in [5.74, 6) is -2.36. The van der Waals surface area contributed by atoms with Gasteiger partial charge in [-0.2, -0.15) is 5.26 Å². The second-order valence-electron chi connectivity index (χ2n) is 6.18. The van der Waals surface area contributed by atoms with Gasteiger partial charge in [0.05, 0.1) is 24.8 Å². The lowest BCUT2D eigenvalue weighted by Crippen LogP contribution is -2.28. The van der Waals surface area contributed by atoms with Gasteiger partial charge in [0.1, 0.15) is 5.60 Å². The first-order chi connectivity index (χ1) is 10.2. The Labute approximate surface area is 130 Å². The van der Waals surface area contributed by atoms with Crippen molar-refractivity contribution >= 4 is 11.9 Å². The lowest BCUT2D eigenvalue weighted by atomic mass is 9.95. The minimum absolute atomic E-state index is 0.160. The molecule has 0 aliphatic rings. The SMILES string of the molecule is CC(C)(C)OC(=O)C[C@H](Cc1ccc(CC#N)cc1)C(=O)O. The number of carbonyl (C=O) groups excluding carboxylic acids is 1. The molecule has 0 bridgehead atoms. The lowest BCUT2D eigenvalue weighted by molar-refractivity contribution is -0.159. The highest BCUT2D eigenvalue weighted by atomic mass is 16.6. The van der Waals surface area contributed by atoms with Crippen LogP contribution >= 0.6 is 0 Å². The van der Waals surface area contributed by atoms with E-state index in [-0.39, 0.29) is 12.8 Å². The number of carboxylic acids is 1. The zero-order valence-electron chi connectivity index (χ0n) is 13.1. The summed E-state index contributed by atoms with van der Waals surface area (Å²) in [5.41, 5.74) is 1.07. The molecule has 0 spiro atoms. The van der Waals surface area contributed by atoms with E-state index in [1.165, 1.54) is 0 Å². The molecule has 22 heavy (non-hydrogen) atoms. The molecule has 0 unspecified atom stereocenters. The van der Waals surface area contributed by atoms with Crippen molar-refractivity contribution in [2.75, 3.05) is 0 Å². The van der Waals surface area contributed by atoms with Gasteiger partial charge >= 0.3 is 11.9 Å². The van der Waals surface area contributed by atoms with E-state index in [0.29, 0.717) is 6.42 Å². The van der Waals surface area contributed by atoms with Gasteiger partial charge in [0, 0.05) is 0 Å². The van der Waals surface area contributed by atoms with Crippen molar-refractivity contribution < 1.29 is 19.4 Å². The fraction of sp³-hybridized carbons (Fsp3) is 0.471. The van der Waals surface area contributed by atoms with Crippen LogP contribution in [-0.4, -0.2) is 22.6 Å². The summed E-state index contributed by atoms with van der Waals surface area (Å²) in [5, 5.41) is 17.9. The molecule has 1 aromatic carbocycles. The third kappa shape index (κ3) is 6.40. The number of rotatable bonds is 6. The summed E-state index contributed by atoms with van der Waals surface area (Å²) >= 11 is 0. The molecule has 1 rings (SSSR count). The molecule has 0 heterocycles. The minimum Gasteiger partial charge on any atom is -0.481 e. The second-order valence-corrected chi connectivity index (χ2v) is 6.18. The van der Waals surface area contributed by atoms with Gasteiger partial charge in [-0.15, -0.1) is 0 Å². The van der Waals surface area contributed by atoms with Crippen LogP contribution in [0.3, 0.4) is 0 Å². The molecular weight excluding hydrogens is 282 g/mol. The standard InChI is InChI=1S/C17H21NO4/c1-17(2,3)22-15(19)11-14(16(20)21)10-13-6-4-12(5-7-13)8-9-18/h4-7,14H,8,10-11H2,1-3H3,(H,20,21)/t14-/m0/s1.